The number of thiocarbonyl (C=S) groups is 1. The van der Waals surface area contributed by atoms with Crippen LogP contribution >= 0.6 is 35.6 Å². The fourth-order valence-electron chi connectivity index (χ4n) is 2.86. The van der Waals surface area contributed by atoms with Crippen LogP contribution in [0.5, 0.6) is 0 Å². The number of halogens is 1. The maximum atomic E-state index is 6.03. The van der Waals surface area contributed by atoms with Crippen LogP contribution in [0.25, 0.3) is 0 Å². The van der Waals surface area contributed by atoms with Gasteiger partial charge in [0.15, 0.2) is 10.3 Å². The van der Waals surface area contributed by atoms with Gasteiger partial charge in [-0.25, -0.2) is 0 Å². The minimum Gasteiger partial charge on any atom is -0.332 e. The average molecular weight is 366 g/mol. The van der Waals surface area contributed by atoms with Gasteiger partial charge in [0.05, 0.1) is 6.04 Å². The molecule has 23 heavy (non-hydrogen) atoms. The van der Waals surface area contributed by atoms with Crippen molar-refractivity contribution in [1.82, 2.24) is 4.90 Å². The number of amidine groups is 1. The Hall–Kier alpha value is -1.04. The highest BCUT2D eigenvalue weighted by atomic mass is 35.5. The fourth-order valence-corrected chi connectivity index (χ4v) is 4.40. The first kappa shape index (κ1) is 16.8. The van der Waals surface area contributed by atoms with E-state index in [1.54, 1.807) is 11.8 Å². The number of aliphatic imine (C=N–C) groups is 1. The molecule has 0 bridgehead atoms. The normalized spacial score (nSPS) is 22.5. The Labute approximate surface area is 152 Å². The third-order valence-corrected chi connectivity index (χ3v) is 5.58. The lowest BCUT2D eigenvalue weighted by molar-refractivity contribution is 0.662. The molecule has 3 nitrogen and oxygen atoms in total. The lowest BCUT2D eigenvalue weighted by Crippen LogP contribution is -2.36. The molecule has 1 aromatic carbocycles. The van der Waals surface area contributed by atoms with Crippen LogP contribution in [0.1, 0.15) is 26.2 Å². The number of rotatable bonds is 3. The second-order valence-electron chi connectivity index (χ2n) is 5.58. The Morgan fingerprint density at radius 3 is 3.17 bits per heavy atom. The van der Waals surface area contributed by atoms with Gasteiger partial charge in [0.2, 0.25) is 0 Å². The highest BCUT2D eigenvalue weighted by Crippen LogP contribution is 2.28. The Balaban J connectivity index is 1.71. The Bertz CT molecular complexity index is 657. The summed E-state index contributed by atoms with van der Waals surface area (Å²) in [5.74, 6) is 1.02. The summed E-state index contributed by atoms with van der Waals surface area (Å²) in [5, 5.41) is 5.70. The van der Waals surface area contributed by atoms with E-state index in [-0.39, 0.29) is 0 Å². The van der Waals surface area contributed by atoms with E-state index in [1.165, 1.54) is 5.57 Å². The molecule has 1 heterocycles. The van der Waals surface area contributed by atoms with Crippen LogP contribution in [-0.4, -0.2) is 33.5 Å². The zero-order chi connectivity index (χ0) is 16.2. The summed E-state index contributed by atoms with van der Waals surface area (Å²) < 4.78 is 0. The number of anilines is 1. The smallest absolute Gasteiger partial charge is 0.179 e. The van der Waals surface area contributed by atoms with E-state index < -0.39 is 0 Å². The monoisotopic (exact) mass is 365 g/mol. The lowest BCUT2D eigenvalue weighted by atomic mass is 10.1. The number of nitrogens with one attached hydrogen (secondary N) is 1. The summed E-state index contributed by atoms with van der Waals surface area (Å²) in [5.41, 5.74) is 2.37. The largest absolute Gasteiger partial charge is 0.332 e. The number of allylic oxidation sites excluding steroid dienone is 1. The van der Waals surface area contributed by atoms with Gasteiger partial charge < -0.3 is 5.32 Å². The summed E-state index contributed by atoms with van der Waals surface area (Å²) >= 11 is 13.4. The quantitative estimate of drug-likeness (QED) is 0.606. The van der Waals surface area contributed by atoms with E-state index in [1.807, 2.05) is 24.3 Å². The third kappa shape index (κ3) is 4.08. The number of thioether (sulfide) groups is 1. The molecule has 1 aromatic rings. The second kappa shape index (κ2) is 7.69. The molecule has 0 spiro atoms. The highest BCUT2D eigenvalue weighted by molar-refractivity contribution is 8.14. The Morgan fingerprint density at radius 2 is 2.39 bits per heavy atom. The molecule has 1 aliphatic heterocycles. The molecule has 1 fully saturated rings. The summed E-state index contributed by atoms with van der Waals surface area (Å²) in [6.45, 7) is 3.10. The highest BCUT2D eigenvalue weighted by Gasteiger charge is 2.26. The molecular weight excluding hydrogens is 346 g/mol. The summed E-state index contributed by atoms with van der Waals surface area (Å²) in [7, 11) is 0. The molecule has 1 saturated heterocycles. The van der Waals surface area contributed by atoms with Gasteiger partial charge in [-0.3, -0.25) is 9.89 Å². The standard InChI is InChI=1S/C17H20ClN3S2/c1-2-12-5-3-8-15(12)20-17-21(9-10-23-17)16(22)19-14-7-4-6-13(18)11-14/h4-7,11,15H,2-3,8-10H2,1H3,(H,19,22)/b20-17-. The topological polar surface area (TPSA) is 27.6 Å². The SMILES string of the molecule is CCC1=CCCC1/N=C1\SCCN1C(=S)Nc1cccc(Cl)c1. The Kier molecular flexibility index (Phi) is 5.62. The van der Waals surface area contributed by atoms with E-state index in [0.29, 0.717) is 16.2 Å². The van der Waals surface area contributed by atoms with Crippen LogP contribution in [0, 0.1) is 0 Å². The van der Waals surface area contributed by atoms with Crippen molar-refractivity contribution in [2.45, 2.75) is 32.2 Å². The van der Waals surface area contributed by atoms with Crippen LogP contribution in [0.3, 0.4) is 0 Å². The first-order chi connectivity index (χ1) is 11.2. The minimum atomic E-state index is 0.331. The summed E-state index contributed by atoms with van der Waals surface area (Å²) in [6.07, 6.45) is 5.68. The van der Waals surface area contributed by atoms with E-state index in [0.717, 1.165) is 42.4 Å². The number of benzene rings is 1. The van der Waals surface area contributed by atoms with Gasteiger partial charge in [-0.15, -0.1) is 0 Å². The molecule has 0 amide bonds. The number of hydrogen-bond acceptors (Lipinski definition) is 3. The van der Waals surface area contributed by atoms with Crippen molar-refractivity contribution in [3.63, 3.8) is 0 Å². The van der Waals surface area contributed by atoms with E-state index in [9.17, 15) is 0 Å². The van der Waals surface area contributed by atoms with Crippen molar-refractivity contribution < 1.29 is 0 Å². The zero-order valence-electron chi connectivity index (χ0n) is 13.1. The fraction of sp³-hybridized carbons (Fsp3) is 0.412. The number of hydrogen-bond donors (Lipinski definition) is 1. The van der Waals surface area contributed by atoms with E-state index >= 15 is 0 Å². The molecule has 0 saturated carbocycles. The van der Waals surface area contributed by atoms with E-state index in [4.69, 9.17) is 28.8 Å². The lowest BCUT2D eigenvalue weighted by Gasteiger charge is -2.21. The molecule has 1 N–H and O–H groups in total. The predicted molar refractivity (Wildman–Crippen MR) is 106 cm³/mol. The molecule has 0 radical (unpaired) electrons. The van der Waals surface area contributed by atoms with Gasteiger partial charge in [0, 0.05) is 23.0 Å². The van der Waals surface area contributed by atoms with Crippen LogP contribution in [0.4, 0.5) is 5.69 Å². The average Bonchev–Trinajstić information content (AvgIpc) is 3.16. The summed E-state index contributed by atoms with van der Waals surface area (Å²) in [6, 6.07) is 7.94. The van der Waals surface area contributed by atoms with Crippen molar-refractivity contribution in [2.24, 2.45) is 4.99 Å². The van der Waals surface area contributed by atoms with Crippen LogP contribution in [-0.2, 0) is 0 Å². The molecule has 6 heteroatoms. The molecular formula is C17H20ClN3S2. The van der Waals surface area contributed by atoms with Gasteiger partial charge in [0.25, 0.3) is 0 Å². The molecule has 122 valence electrons. The van der Waals surface area contributed by atoms with Crippen LogP contribution < -0.4 is 5.32 Å². The maximum Gasteiger partial charge on any atom is 0.179 e. The Morgan fingerprint density at radius 1 is 1.52 bits per heavy atom. The first-order valence-corrected chi connectivity index (χ1v) is 9.68. The first-order valence-electron chi connectivity index (χ1n) is 7.91. The zero-order valence-corrected chi connectivity index (χ0v) is 15.5. The van der Waals surface area contributed by atoms with E-state index in [2.05, 4.69) is 23.2 Å². The van der Waals surface area contributed by atoms with Gasteiger partial charge in [-0.1, -0.05) is 48.0 Å². The van der Waals surface area contributed by atoms with Crippen molar-refractivity contribution in [3.05, 3.63) is 40.9 Å². The molecule has 1 aliphatic carbocycles. The predicted octanol–water partition coefficient (Wildman–Crippen LogP) is 4.94. The third-order valence-electron chi connectivity index (χ3n) is 4.05. The number of nitrogens with zero attached hydrogens (tertiary/aromatic N) is 2. The van der Waals surface area contributed by atoms with Gasteiger partial charge in [-0.05, 0) is 49.7 Å². The van der Waals surface area contributed by atoms with Crippen molar-refractivity contribution in [3.8, 4) is 0 Å². The van der Waals surface area contributed by atoms with Gasteiger partial charge in [0.1, 0.15) is 0 Å². The van der Waals surface area contributed by atoms with Gasteiger partial charge >= 0.3 is 0 Å². The minimum absolute atomic E-state index is 0.331. The van der Waals surface area contributed by atoms with Crippen molar-refractivity contribution >= 4 is 51.5 Å². The van der Waals surface area contributed by atoms with Crippen molar-refractivity contribution in [2.75, 3.05) is 17.6 Å². The molecule has 1 atom stereocenters. The molecule has 3 rings (SSSR count). The molecule has 0 aromatic heterocycles. The second-order valence-corrected chi connectivity index (χ2v) is 7.46. The van der Waals surface area contributed by atoms with Crippen molar-refractivity contribution in [1.29, 1.82) is 0 Å². The molecule has 2 aliphatic rings. The van der Waals surface area contributed by atoms with Crippen LogP contribution in [0.2, 0.25) is 5.02 Å². The van der Waals surface area contributed by atoms with Crippen LogP contribution in [0.15, 0.2) is 40.9 Å². The maximum absolute atomic E-state index is 6.03. The molecule has 1 unspecified atom stereocenters. The summed E-state index contributed by atoms with van der Waals surface area (Å²) in [4.78, 5) is 7.08. The van der Waals surface area contributed by atoms with Gasteiger partial charge in [-0.2, -0.15) is 0 Å².